The molecule has 1 atom stereocenters. The molecule has 2 amide bonds. The van der Waals surface area contributed by atoms with E-state index in [1.807, 2.05) is 0 Å². The van der Waals surface area contributed by atoms with E-state index in [0.29, 0.717) is 12.2 Å². The maximum Gasteiger partial charge on any atom is 0.270 e. The molecular formula is C22H22FNO5. The molecule has 0 bridgehead atoms. The minimum Gasteiger partial charge on any atom is -0.488 e. The van der Waals surface area contributed by atoms with Gasteiger partial charge in [0, 0.05) is 5.56 Å². The molecule has 1 heterocycles. The summed E-state index contributed by atoms with van der Waals surface area (Å²) in [7, 11) is 0. The lowest BCUT2D eigenvalue weighted by Crippen LogP contribution is -2.45. The molecule has 0 unspecified atom stereocenters. The van der Waals surface area contributed by atoms with Gasteiger partial charge in [0.2, 0.25) is 0 Å². The molecule has 152 valence electrons. The van der Waals surface area contributed by atoms with Gasteiger partial charge in [-0.25, -0.2) is 4.39 Å². The van der Waals surface area contributed by atoms with Crippen LogP contribution in [0.1, 0.15) is 47.9 Å². The van der Waals surface area contributed by atoms with E-state index in [4.69, 9.17) is 9.47 Å². The van der Waals surface area contributed by atoms with Crippen molar-refractivity contribution >= 4 is 17.6 Å². The quantitative estimate of drug-likeness (QED) is 0.548. The van der Waals surface area contributed by atoms with E-state index < -0.39 is 36.1 Å². The number of para-hydroxylation sites is 1. The predicted octanol–water partition coefficient (Wildman–Crippen LogP) is 3.64. The molecule has 0 spiro atoms. The van der Waals surface area contributed by atoms with Crippen LogP contribution in [0.25, 0.3) is 0 Å². The summed E-state index contributed by atoms with van der Waals surface area (Å²) in [6.45, 7) is 4.78. The zero-order valence-electron chi connectivity index (χ0n) is 16.5. The third kappa shape index (κ3) is 4.29. The van der Waals surface area contributed by atoms with Gasteiger partial charge in [0.25, 0.3) is 11.8 Å². The van der Waals surface area contributed by atoms with E-state index in [1.165, 1.54) is 18.2 Å². The molecule has 0 saturated carbocycles. The summed E-state index contributed by atoms with van der Waals surface area (Å²) in [5.41, 5.74) is 0.252. The first-order valence-electron chi connectivity index (χ1n) is 9.42. The van der Waals surface area contributed by atoms with Gasteiger partial charge in [0.1, 0.15) is 5.75 Å². The topological polar surface area (TPSA) is 72.9 Å². The second-order valence-electron chi connectivity index (χ2n) is 6.98. The molecular weight excluding hydrogens is 377 g/mol. The number of rotatable bonds is 6. The minimum absolute atomic E-state index is 0.0341. The van der Waals surface area contributed by atoms with Crippen molar-refractivity contribution in [2.24, 2.45) is 0 Å². The number of ether oxygens (including phenoxy) is 2. The van der Waals surface area contributed by atoms with Crippen molar-refractivity contribution in [1.29, 1.82) is 0 Å². The summed E-state index contributed by atoms with van der Waals surface area (Å²) in [5, 5.41) is 0. The van der Waals surface area contributed by atoms with Crippen LogP contribution >= 0.6 is 0 Å². The second kappa shape index (κ2) is 8.43. The van der Waals surface area contributed by atoms with Crippen LogP contribution in [0.3, 0.4) is 0 Å². The van der Waals surface area contributed by atoms with Crippen molar-refractivity contribution < 1.29 is 28.2 Å². The number of Topliss-reactive ketones (excluding diaryl/α,β-unsaturated/α-hetero) is 1. The van der Waals surface area contributed by atoms with Gasteiger partial charge in [-0.3, -0.25) is 19.3 Å². The Balaban J connectivity index is 1.87. The monoisotopic (exact) mass is 399 g/mol. The largest absolute Gasteiger partial charge is 0.488 e. The minimum atomic E-state index is -0.881. The lowest BCUT2D eigenvalue weighted by Gasteiger charge is -2.21. The lowest BCUT2D eigenvalue weighted by atomic mass is 10.1. The SMILES string of the molecule is CC[C@@H]1Oc2ccccc2C(=O)N(CC(=O)c2ccc(OC(C)C)c(F)c2)C1=O. The Morgan fingerprint density at radius 3 is 2.59 bits per heavy atom. The van der Waals surface area contributed by atoms with E-state index in [-0.39, 0.29) is 23.0 Å². The molecule has 1 aliphatic rings. The van der Waals surface area contributed by atoms with Crippen LogP contribution in [0.2, 0.25) is 0 Å². The summed E-state index contributed by atoms with van der Waals surface area (Å²) in [6.07, 6.45) is -0.764. The lowest BCUT2D eigenvalue weighted by molar-refractivity contribution is -0.135. The highest BCUT2D eigenvalue weighted by Gasteiger charge is 2.36. The molecule has 0 fully saturated rings. The van der Waals surface area contributed by atoms with Gasteiger partial charge in [0.15, 0.2) is 23.5 Å². The van der Waals surface area contributed by atoms with Gasteiger partial charge >= 0.3 is 0 Å². The van der Waals surface area contributed by atoms with Gasteiger partial charge in [-0.05, 0) is 50.6 Å². The normalized spacial score (nSPS) is 16.3. The number of hydrogen-bond acceptors (Lipinski definition) is 5. The highest BCUT2D eigenvalue weighted by molar-refractivity contribution is 6.12. The maximum atomic E-state index is 14.2. The van der Waals surface area contributed by atoms with Crippen LogP contribution in [-0.2, 0) is 4.79 Å². The van der Waals surface area contributed by atoms with Crippen molar-refractivity contribution in [2.45, 2.75) is 39.4 Å². The maximum absolute atomic E-state index is 14.2. The zero-order valence-corrected chi connectivity index (χ0v) is 16.5. The first-order valence-corrected chi connectivity index (χ1v) is 9.42. The number of carbonyl (C=O) groups excluding carboxylic acids is 3. The summed E-state index contributed by atoms with van der Waals surface area (Å²) < 4.78 is 25.2. The van der Waals surface area contributed by atoms with Crippen molar-refractivity contribution in [2.75, 3.05) is 6.54 Å². The van der Waals surface area contributed by atoms with Crippen molar-refractivity contribution in [3.8, 4) is 11.5 Å². The first kappa shape index (κ1) is 20.5. The Bertz CT molecular complexity index is 956. The van der Waals surface area contributed by atoms with Crippen LogP contribution in [-0.4, -0.2) is 41.3 Å². The predicted molar refractivity (Wildman–Crippen MR) is 104 cm³/mol. The number of nitrogens with zero attached hydrogens (tertiary/aromatic N) is 1. The van der Waals surface area contributed by atoms with Crippen molar-refractivity contribution in [1.82, 2.24) is 4.90 Å². The molecule has 29 heavy (non-hydrogen) atoms. The first-order chi connectivity index (χ1) is 13.8. The number of halogens is 1. The molecule has 0 aromatic heterocycles. The summed E-state index contributed by atoms with van der Waals surface area (Å²) in [4.78, 5) is 39.3. The molecule has 6 nitrogen and oxygen atoms in total. The Morgan fingerprint density at radius 1 is 1.21 bits per heavy atom. The molecule has 0 saturated heterocycles. The van der Waals surface area contributed by atoms with E-state index in [0.717, 1.165) is 11.0 Å². The van der Waals surface area contributed by atoms with Gasteiger partial charge < -0.3 is 9.47 Å². The zero-order chi connectivity index (χ0) is 21.1. The van der Waals surface area contributed by atoms with Gasteiger partial charge in [0.05, 0.1) is 18.2 Å². The average Bonchev–Trinajstić information content (AvgIpc) is 2.79. The number of carbonyl (C=O) groups is 3. The molecule has 0 N–H and O–H groups in total. The third-order valence-electron chi connectivity index (χ3n) is 4.46. The summed E-state index contributed by atoms with van der Waals surface area (Å²) >= 11 is 0. The fourth-order valence-corrected chi connectivity index (χ4v) is 3.04. The highest BCUT2D eigenvalue weighted by atomic mass is 19.1. The summed E-state index contributed by atoms with van der Waals surface area (Å²) in [5.74, 6) is -2.12. The Labute approximate surface area is 168 Å². The van der Waals surface area contributed by atoms with Gasteiger partial charge in [-0.1, -0.05) is 19.1 Å². The highest BCUT2D eigenvalue weighted by Crippen LogP contribution is 2.27. The molecule has 0 aliphatic carbocycles. The fraction of sp³-hybridized carbons (Fsp3) is 0.318. The molecule has 7 heteroatoms. The second-order valence-corrected chi connectivity index (χ2v) is 6.98. The Morgan fingerprint density at radius 2 is 1.93 bits per heavy atom. The number of imide groups is 1. The summed E-state index contributed by atoms with van der Waals surface area (Å²) in [6, 6.07) is 10.3. The number of hydrogen-bond donors (Lipinski definition) is 0. The van der Waals surface area contributed by atoms with E-state index in [2.05, 4.69) is 0 Å². The number of ketones is 1. The van der Waals surface area contributed by atoms with Crippen LogP contribution < -0.4 is 9.47 Å². The molecule has 2 aromatic carbocycles. The van der Waals surface area contributed by atoms with Gasteiger partial charge in [-0.2, -0.15) is 0 Å². The van der Waals surface area contributed by atoms with Crippen LogP contribution in [0.5, 0.6) is 11.5 Å². The number of amides is 2. The molecule has 0 radical (unpaired) electrons. The Hall–Kier alpha value is -3.22. The van der Waals surface area contributed by atoms with Gasteiger partial charge in [-0.15, -0.1) is 0 Å². The third-order valence-corrected chi connectivity index (χ3v) is 4.46. The van der Waals surface area contributed by atoms with E-state index in [1.54, 1.807) is 39.0 Å². The van der Waals surface area contributed by atoms with E-state index >= 15 is 0 Å². The van der Waals surface area contributed by atoms with Crippen LogP contribution in [0.4, 0.5) is 4.39 Å². The van der Waals surface area contributed by atoms with Crippen LogP contribution in [0, 0.1) is 5.82 Å². The fourth-order valence-electron chi connectivity index (χ4n) is 3.04. The standard InChI is InChI=1S/C22H22FNO5/c1-4-18-22(27)24(21(26)15-7-5-6-8-19(15)29-18)12-17(25)14-9-10-20(16(23)11-14)28-13(2)3/h5-11,13,18H,4,12H2,1-3H3/t18-/m0/s1. The number of benzene rings is 2. The Kier molecular flexibility index (Phi) is 5.96. The average molecular weight is 399 g/mol. The van der Waals surface area contributed by atoms with Crippen molar-refractivity contribution in [3.05, 3.63) is 59.4 Å². The molecule has 2 aromatic rings. The number of fused-ring (bicyclic) bond motifs is 1. The van der Waals surface area contributed by atoms with E-state index in [9.17, 15) is 18.8 Å². The molecule has 1 aliphatic heterocycles. The molecule has 3 rings (SSSR count). The smallest absolute Gasteiger partial charge is 0.270 e. The van der Waals surface area contributed by atoms with Crippen molar-refractivity contribution in [3.63, 3.8) is 0 Å². The van der Waals surface area contributed by atoms with Crippen LogP contribution in [0.15, 0.2) is 42.5 Å².